The van der Waals surface area contributed by atoms with Gasteiger partial charge in [0.25, 0.3) is 0 Å². The Morgan fingerprint density at radius 3 is 2.73 bits per heavy atom. The Labute approximate surface area is 91.2 Å². The van der Waals surface area contributed by atoms with Crippen LogP contribution in [0.15, 0.2) is 0 Å². The number of hydrogen-bond donors (Lipinski definition) is 1. The van der Waals surface area contributed by atoms with E-state index in [9.17, 15) is 4.79 Å². The molecule has 1 aliphatic heterocycles. The van der Waals surface area contributed by atoms with Crippen molar-refractivity contribution in [1.82, 2.24) is 10.2 Å². The molecular weight excluding hydrogens is 190 g/mol. The summed E-state index contributed by atoms with van der Waals surface area (Å²) in [7, 11) is 0. The highest BCUT2D eigenvalue weighted by atomic mass is 16.1. The topological polar surface area (TPSA) is 56.1 Å². The third kappa shape index (κ3) is 4.30. The number of amides is 1. The van der Waals surface area contributed by atoms with Crippen LogP contribution < -0.4 is 5.32 Å². The Hall–Kier alpha value is -1.08. The third-order valence-electron chi connectivity index (χ3n) is 2.72. The summed E-state index contributed by atoms with van der Waals surface area (Å²) in [6, 6.07) is 2.47. The van der Waals surface area contributed by atoms with Gasteiger partial charge in [-0.05, 0) is 19.3 Å². The molecule has 15 heavy (non-hydrogen) atoms. The molecule has 1 N–H and O–H groups in total. The van der Waals surface area contributed by atoms with Gasteiger partial charge in [0.05, 0.1) is 12.6 Å². The van der Waals surface area contributed by atoms with Crippen molar-refractivity contribution in [2.24, 2.45) is 0 Å². The molecule has 0 radical (unpaired) electrons. The van der Waals surface area contributed by atoms with E-state index in [4.69, 9.17) is 5.26 Å². The predicted molar refractivity (Wildman–Crippen MR) is 58.1 cm³/mol. The highest BCUT2D eigenvalue weighted by Gasteiger charge is 2.19. The average Bonchev–Trinajstić information content (AvgIpc) is 2.22. The third-order valence-corrected chi connectivity index (χ3v) is 2.72. The minimum Gasteiger partial charge on any atom is -0.353 e. The van der Waals surface area contributed by atoms with Gasteiger partial charge in [-0.3, -0.25) is 9.69 Å². The molecule has 0 aromatic carbocycles. The van der Waals surface area contributed by atoms with Crippen LogP contribution in [0.5, 0.6) is 0 Å². The highest BCUT2D eigenvalue weighted by Crippen LogP contribution is 2.09. The second-order valence-corrected chi connectivity index (χ2v) is 4.03. The largest absolute Gasteiger partial charge is 0.353 e. The van der Waals surface area contributed by atoms with E-state index in [-0.39, 0.29) is 5.91 Å². The fourth-order valence-electron chi connectivity index (χ4n) is 1.86. The van der Waals surface area contributed by atoms with Crippen LogP contribution in [-0.2, 0) is 4.79 Å². The second kappa shape index (κ2) is 6.41. The number of nitrogens with zero attached hydrogens (tertiary/aromatic N) is 2. The molecule has 0 atom stereocenters. The first kappa shape index (κ1) is 12.0. The number of hydrogen-bond acceptors (Lipinski definition) is 3. The summed E-state index contributed by atoms with van der Waals surface area (Å²) in [6.45, 7) is 4.36. The molecule has 0 aliphatic carbocycles. The van der Waals surface area contributed by atoms with Gasteiger partial charge in [0.15, 0.2) is 0 Å². The van der Waals surface area contributed by atoms with E-state index in [1.165, 1.54) is 0 Å². The summed E-state index contributed by atoms with van der Waals surface area (Å²) in [5, 5.41) is 11.6. The molecule has 0 aromatic rings. The molecule has 1 saturated heterocycles. The van der Waals surface area contributed by atoms with Crippen LogP contribution in [0.25, 0.3) is 0 Å². The molecule has 0 saturated carbocycles. The summed E-state index contributed by atoms with van der Waals surface area (Å²) in [6.07, 6.45) is 3.46. The van der Waals surface area contributed by atoms with Gasteiger partial charge in [-0.2, -0.15) is 5.26 Å². The predicted octanol–water partition coefficient (Wildman–Crippen LogP) is 0.891. The molecule has 1 amide bonds. The zero-order chi connectivity index (χ0) is 11.1. The SMILES string of the molecule is CCCC(=O)NC1CCN(CC#N)CC1. The van der Waals surface area contributed by atoms with Gasteiger partial charge >= 0.3 is 0 Å². The summed E-state index contributed by atoms with van der Waals surface area (Å²) in [5.41, 5.74) is 0. The van der Waals surface area contributed by atoms with Crippen LogP contribution in [0.4, 0.5) is 0 Å². The number of carbonyl (C=O) groups excluding carboxylic acids is 1. The molecule has 0 spiro atoms. The lowest BCUT2D eigenvalue weighted by atomic mass is 10.0. The van der Waals surface area contributed by atoms with Gasteiger partial charge in [-0.15, -0.1) is 0 Å². The first-order valence-electron chi connectivity index (χ1n) is 5.65. The second-order valence-electron chi connectivity index (χ2n) is 4.03. The summed E-state index contributed by atoms with van der Waals surface area (Å²) in [5.74, 6) is 0.163. The lowest BCUT2D eigenvalue weighted by Gasteiger charge is -2.30. The van der Waals surface area contributed by atoms with E-state index in [1.807, 2.05) is 6.92 Å². The molecule has 1 fully saturated rings. The molecule has 0 unspecified atom stereocenters. The number of nitriles is 1. The number of carbonyl (C=O) groups is 1. The van der Waals surface area contributed by atoms with Crippen LogP contribution in [-0.4, -0.2) is 36.5 Å². The molecular formula is C11H19N3O. The minimum atomic E-state index is 0.163. The van der Waals surface area contributed by atoms with Crippen molar-refractivity contribution < 1.29 is 4.79 Å². The van der Waals surface area contributed by atoms with Crippen molar-refractivity contribution in [3.05, 3.63) is 0 Å². The molecule has 1 aliphatic rings. The standard InChI is InChI=1S/C11H19N3O/c1-2-3-11(15)13-10-4-7-14(8-5-10)9-6-12/h10H,2-5,7-9H2,1H3,(H,13,15). The van der Waals surface area contributed by atoms with Crippen LogP contribution >= 0.6 is 0 Å². The van der Waals surface area contributed by atoms with Crippen molar-refractivity contribution in [3.63, 3.8) is 0 Å². The van der Waals surface area contributed by atoms with Crippen molar-refractivity contribution in [2.45, 2.75) is 38.6 Å². The number of likely N-dealkylation sites (tertiary alicyclic amines) is 1. The van der Waals surface area contributed by atoms with Crippen LogP contribution in [0.2, 0.25) is 0 Å². The van der Waals surface area contributed by atoms with Crippen molar-refractivity contribution in [2.75, 3.05) is 19.6 Å². The minimum absolute atomic E-state index is 0.163. The zero-order valence-electron chi connectivity index (χ0n) is 9.33. The van der Waals surface area contributed by atoms with Gasteiger partial charge in [-0.1, -0.05) is 6.92 Å². The maximum atomic E-state index is 11.3. The van der Waals surface area contributed by atoms with E-state index < -0.39 is 0 Å². The molecule has 1 rings (SSSR count). The fourth-order valence-corrected chi connectivity index (χ4v) is 1.86. The first-order valence-corrected chi connectivity index (χ1v) is 5.65. The molecule has 0 aromatic heterocycles. The quantitative estimate of drug-likeness (QED) is 0.700. The molecule has 4 nitrogen and oxygen atoms in total. The zero-order valence-corrected chi connectivity index (χ0v) is 9.33. The van der Waals surface area contributed by atoms with E-state index >= 15 is 0 Å². The molecule has 0 bridgehead atoms. The normalized spacial score (nSPS) is 18.4. The smallest absolute Gasteiger partial charge is 0.220 e. The average molecular weight is 209 g/mol. The Kier molecular flexibility index (Phi) is 5.13. The van der Waals surface area contributed by atoms with Gasteiger partial charge in [0.2, 0.25) is 5.91 Å². The number of nitrogens with one attached hydrogen (secondary N) is 1. The monoisotopic (exact) mass is 209 g/mol. The summed E-state index contributed by atoms with van der Waals surface area (Å²) in [4.78, 5) is 13.5. The van der Waals surface area contributed by atoms with Gasteiger partial charge in [0.1, 0.15) is 0 Å². The Morgan fingerprint density at radius 1 is 1.53 bits per heavy atom. The maximum absolute atomic E-state index is 11.3. The Bertz CT molecular complexity index is 239. The number of rotatable bonds is 4. The van der Waals surface area contributed by atoms with Crippen molar-refractivity contribution in [1.29, 1.82) is 5.26 Å². The van der Waals surface area contributed by atoms with Gasteiger partial charge < -0.3 is 5.32 Å². The van der Waals surface area contributed by atoms with E-state index in [1.54, 1.807) is 0 Å². The Morgan fingerprint density at radius 2 is 2.20 bits per heavy atom. The molecule has 84 valence electrons. The van der Waals surface area contributed by atoms with Crippen LogP contribution in [0.3, 0.4) is 0 Å². The lowest BCUT2D eigenvalue weighted by Crippen LogP contribution is -2.44. The van der Waals surface area contributed by atoms with E-state index in [0.29, 0.717) is 19.0 Å². The fraction of sp³-hybridized carbons (Fsp3) is 0.818. The van der Waals surface area contributed by atoms with Gasteiger partial charge in [0, 0.05) is 25.6 Å². The molecule has 1 heterocycles. The van der Waals surface area contributed by atoms with Gasteiger partial charge in [-0.25, -0.2) is 0 Å². The van der Waals surface area contributed by atoms with E-state index in [0.717, 1.165) is 32.4 Å². The first-order chi connectivity index (χ1) is 7.26. The van der Waals surface area contributed by atoms with Crippen molar-refractivity contribution >= 4 is 5.91 Å². The van der Waals surface area contributed by atoms with Crippen LogP contribution in [0, 0.1) is 11.3 Å². The van der Waals surface area contributed by atoms with Crippen LogP contribution in [0.1, 0.15) is 32.6 Å². The maximum Gasteiger partial charge on any atom is 0.220 e. The summed E-state index contributed by atoms with van der Waals surface area (Å²) >= 11 is 0. The lowest BCUT2D eigenvalue weighted by molar-refractivity contribution is -0.122. The molecule has 4 heteroatoms. The summed E-state index contributed by atoms with van der Waals surface area (Å²) < 4.78 is 0. The Balaban J connectivity index is 2.20. The van der Waals surface area contributed by atoms with Crippen molar-refractivity contribution in [3.8, 4) is 6.07 Å². The number of piperidine rings is 1. The highest BCUT2D eigenvalue weighted by molar-refractivity contribution is 5.76. The van der Waals surface area contributed by atoms with E-state index in [2.05, 4.69) is 16.3 Å².